The van der Waals surface area contributed by atoms with Crippen molar-refractivity contribution in [3.05, 3.63) is 35.4 Å². The molecule has 2 rings (SSSR count). The maximum atomic E-state index is 12.5. The maximum Gasteiger partial charge on any atom is 0.416 e. The first-order valence-corrected chi connectivity index (χ1v) is 7.32. The van der Waals surface area contributed by atoms with Gasteiger partial charge in [0.1, 0.15) is 0 Å². The normalized spacial score (nSPS) is 22.9. The molecular formula is C16H20F3NO. The molecule has 1 aliphatic carbocycles. The Balaban J connectivity index is 1.90. The molecule has 21 heavy (non-hydrogen) atoms. The molecule has 2 nitrogen and oxygen atoms in total. The lowest BCUT2D eigenvalue weighted by molar-refractivity contribution is -0.137. The van der Waals surface area contributed by atoms with Crippen LogP contribution in [0.2, 0.25) is 0 Å². The molecule has 1 saturated carbocycles. The fraction of sp³-hybridized carbons (Fsp3) is 0.562. The third kappa shape index (κ3) is 4.48. The topological polar surface area (TPSA) is 29.1 Å². The van der Waals surface area contributed by atoms with Gasteiger partial charge in [-0.3, -0.25) is 4.79 Å². The highest BCUT2D eigenvalue weighted by atomic mass is 19.4. The number of halogens is 3. The molecule has 116 valence electrons. The Morgan fingerprint density at radius 3 is 2.38 bits per heavy atom. The zero-order valence-electron chi connectivity index (χ0n) is 12.0. The summed E-state index contributed by atoms with van der Waals surface area (Å²) >= 11 is 0. The number of alkyl halides is 3. The van der Waals surface area contributed by atoms with Crippen molar-refractivity contribution >= 4 is 5.91 Å². The fourth-order valence-corrected chi connectivity index (χ4v) is 2.79. The van der Waals surface area contributed by atoms with E-state index in [9.17, 15) is 18.0 Å². The highest BCUT2D eigenvalue weighted by molar-refractivity contribution is 5.78. The van der Waals surface area contributed by atoms with Crippen LogP contribution in [0, 0.1) is 5.92 Å². The molecule has 1 amide bonds. The lowest BCUT2D eigenvalue weighted by Gasteiger charge is -2.29. The summed E-state index contributed by atoms with van der Waals surface area (Å²) in [5.74, 6) is 0.351. The number of rotatable bonds is 3. The van der Waals surface area contributed by atoms with Crippen LogP contribution >= 0.6 is 0 Å². The largest absolute Gasteiger partial charge is 0.416 e. The van der Waals surface area contributed by atoms with Crippen LogP contribution in [0.15, 0.2) is 24.3 Å². The van der Waals surface area contributed by atoms with Crippen molar-refractivity contribution in [2.45, 2.75) is 51.2 Å². The molecule has 0 aliphatic heterocycles. The number of benzene rings is 1. The fourth-order valence-electron chi connectivity index (χ4n) is 2.79. The molecular weight excluding hydrogens is 279 g/mol. The summed E-state index contributed by atoms with van der Waals surface area (Å²) in [5, 5.41) is 3.00. The van der Waals surface area contributed by atoms with Crippen molar-refractivity contribution in [2.24, 2.45) is 5.92 Å². The van der Waals surface area contributed by atoms with Gasteiger partial charge in [0, 0.05) is 6.04 Å². The smallest absolute Gasteiger partial charge is 0.353 e. The molecule has 0 saturated heterocycles. The van der Waals surface area contributed by atoms with Gasteiger partial charge in [-0.05, 0) is 36.5 Å². The SMILES string of the molecule is C[C@@H]1CCCC[C@H]1NC(=O)Cc1ccc(C(F)(F)F)cc1. The van der Waals surface area contributed by atoms with Gasteiger partial charge in [0.15, 0.2) is 0 Å². The van der Waals surface area contributed by atoms with Crippen LogP contribution in [0.1, 0.15) is 43.7 Å². The summed E-state index contributed by atoms with van der Waals surface area (Å²) in [6.07, 6.45) is 0.215. The van der Waals surface area contributed by atoms with E-state index in [2.05, 4.69) is 12.2 Å². The van der Waals surface area contributed by atoms with Crippen LogP contribution in [-0.2, 0) is 17.4 Å². The van der Waals surface area contributed by atoms with Crippen molar-refractivity contribution in [1.82, 2.24) is 5.32 Å². The number of nitrogens with one attached hydrogen (secondary N) is 1. The Bertz CT molecular complexity index is 481. The third-order valence-electron chi connectivity index (χ3n) is 4.10. The van der Waals surface area contributed by atoms with E-state index in [1.54, 1.807) is 0 Å². The van der Waals surface area contributed by atoms with Crippen molar-refractivity contribution in [2.75, 3.05) is 0 Å². The van der Waals surface area contributed by atoms with Crippen LogP contribution < -0.4 is 5.32 Å². The summed E-state index contributed by atoms with van der Waals surface area (Å²) in [6, 6.07) is 4.97. The van der Waals surface area contributed by atoms with Crippen LogP contribution in [0.25, 0.3) is 0 Å². The number of amides is 1. The van der Waals surface area contributed by atoms with E-state index in [0.717, 1.165) is 31.4 Å². The van der Waals surface area contributed by atoms with E-state index in [1.165, 1.54) is 18.6 Å². The lowest BCUT2D eigenvalue weighted by Crippen LogP contribution is -2.41. The van der Waals surface area contributed by atoms with Crippen LogP contribution in [-0.4, -0.2) is 11.9 Å². The standard InChI is InChI=1S/C16H20F3NO/c1-11-4-2-3-5-14(11)20-15(21)10-12-6-8-13(9-7-12)16(17,18)19/h6-9,11,14H,2-5,10H2,1H3,(H,20,21)/t11-,14-/m1/s1. The molecule has 0 unspecified atom stereocenters. The first-order valence-electron chi connectivity index (χ1n) is 7.32. The van der Waals surface area contributed by atoms with Gasteiger partial charge in [-0.15, -0.1) is 0 Å². The number of hydrogen-bond acceptors (Lipinski definition) is 1. The van der Waals surface area contributed by atoms with E-state index in [-0.39, 0.29) is 18.4 Å². The van der Waals surface area contributed by atoms with Crippen LogP contribution in [0.5, 0.6) is 0 Å². The summed E-state index contributed by atoms with van der Waals surface area (Å²) in [4.78, 5) is 12.0. The van der Waals surface area contributed by atoms with Gasteiger partial charge in [0.2, 0.25) is 5.91 Å². The molecule has 1 aliphatic rings. The minimum atomic E-state index is -4.34. The van der Waals surface area contributed by atoms with E-state index in [1.807, 2.05) is 0 Å². The first-order chi connectivity index (χ1) is 9.86. The van der Waals surface area contributed by atoms with E-state index >= 15 is 0 Å². The zero-order valence-corrected chi connectivity index (χ0v) is 12.0. The van der Waals surface area contributed by atoms with Gasteiger partial charge in [-0.2, -0.15) is 13.2 Å². The second-order valence-corrected chi connectivity index (χ2v) is 5.81. The van der Waals surface area contributed by atoms with Gasteiger partial charge in [0.25, 0.3) is 0 Å². The van der Waals surface area contributed by atoms with Gasteiger partial charge in [-0.1, -0.05) is 31.9 Å². The summed E-state index contributed by atoms with van der Waals surface area (Å²) in [6.45, 7) is 2.13. The number of carbonyl (C=O) groups excluding carboxylic acids is 1. The molecule has 0 aromatic heterocycles. The zero-order chi connectivity index (χ0) is 15.5. The quantitative estimate of drug-likeness (QED) is 0.900. The molecule has 0 radical (unpaired) electrons. The number of hydrogen-bond donors (Lipinski definition) is 1. The third-order valence-corrected chi connectivity index (χ3v) is 4.10. The predicted molar refractivity (Wildman–Crippen MR) is 74.7 cm³/mol. The van der Waals surface area contributed by atoms with Crippen LogP contribution in [0.4, 0.5) is 13.2 Å². The molecule has 1 aromatic rings. The average molecular weight is 299 g/mol. The molecule has 0 spiro atoms. The lowest BCUT2D eigenvalue weighted by atomic mass is 9.86. The molecule has 0 heterocycles. The summed E-state index contributed by atoms with van der Waals surface area (Å²) in [5.41, 5.74) is -0.0866. The molecule has 1 fully saturated rings. The van der Waals surface area contributed by atoms with Crippen molar-refractivity contribution < 1.29 is 18.0 Å². The average Bonchev–Trinajstić information content (AvgIpc) is 2.41. The minimum absolute atomic E-state index is 0.117. The van der Waals surface area contributed by atoms with Crippen LogP contribution in [0.3, 0.4) is 0 Å². The minimum Gasteiger partial charge on any atom is -0.353 e. The molecule has 5 heteroatoms. The Morgan fingerprint density at radius 1 is 1.19 bits per heavy atom. The second kappa shape index (κ2) is 6.50. The monoisotopic (exact) mass is 299 g/mol. The van der Waals surface area contributed by atoms with E-state index in [0.29, 0.717) is 11.5 Å². The maximum absolute atomic E-state index is 12.5. The Labute approximate surface area is 122 Å². The van der Waals surface area contributed by atoms with Gasteiger partial charge >= 0.3 is 6.18 Å². The summed E-state index contributed by atoms with van der Waals surface area (Å²) in [7, 11) is 0. The Hall–Kier alpha value is -1.52. The first kappa shape index (κ1) is 15.9. The second-order valence-electron chi connectivity index (χ2n) is 5.81. The highest BCUT2D eigenvalue weighted by Crippen LogP contribution is 2.29. The molecule has 1 N–H and O–H groups in total. The predicted octanol–water partition coefficient (Wildman–Crippen LogP) is 3.94. The van der Waals surface area contributed by atoms with E-state index in [4.69, 9.17) is 0 Å². The molecule has 0 bridgehead atoms. The molecule has 1 aromatic carbocycles. The van der Waals surface area contributed by atoms with Crippen molar-refractivity contribution in [3.8, 4) is 0 Å². The van der Waals surface area contributed by atoms with Gasteiger partial charge in [-0.25, -0.2) is 0 Å². The Morgan fingerprint density at radius 2 is 1.81 bits per heavy atom. The van der Waals surface area contributed by atoms with E-state index < -0.39 is 11.7 Å². The van der Waals surface area contributed by atoms with Crippen molar-refractivity contribution in [1.29, 1.82) is 0 Å². The number of carbonyl (C=O) groups is 1. The van der Waals surface area contributed by atoms with Crippen molar-refractivity contribution in [3.63, 3.8) is 0 Å². The highest BCUT2D eigenvalue weighted by Gasteiger charge is 2.30. The van der Waals surface area contributed by atoms with Gasteiger partial charge in [0.05, 0.1) is 12.0 Å². The Kier molecular flexibility index (Phi) is 4.91. The summed E-state index contributed by atoms with van der Waals surface area (Å²) < 4.78 is 37.4. The molecule has 2 atom stereocenters. The van der Waals surface area contributed by atoms with Gasteiger partial charge < -0.3 is 5.32 Å².